The van der Waals surface area contributed by atoms with Gasteiger partial charge in [0.25, 0.3) is 0 Å². The quantitative estimate of drug-likeness (QED) is 0.606. The highest BCUT2D eigenvalue weighted by molar-refractivity contribution is 5.27. The van der Waals surface area contributed by atoms with Crippen molar-refractivity contribution in [2.75, 3.05) is 0 Å². The predicted octanol–water partition coefficient (Wildman–Crippen LogP) is 3.01. The number of hydrogen-bond acceptors (Lipinski definition) is 1. The van der Waals surface area contributed by atoms with Gasteiger partial charge in [-0.2, -0.15) is 0 Å². The summed E-state index contributed by atoms with van der Waals surface area (Å²) in [6.07, 6.45) is 5.51. The molecule has 1 nitrogen and oxygen atoms in total. The Kier molecular flexibility index (Phi) is 10.4. The highest BCUT2D eigenvalue weighted by Gasteiger charge is 1.84. The van der Waals surface area contributed by atoms with Gasteiger partial charge in [-0.1, -0.05) is 32.6 Å². The fraction of sp³-hybridized carbons (Fsp3) is 0.400. The van der Waals surface area contributed by atoms with Crippen LogP contribution in [0.4, 0.5) is 0 Å². The molecular formula is C10H19N. The average Bonchev–Trinajstić information content (AvgIpc) is 2.07. The lowest BCUT2D eigenvalue weighted by Crippen LogP contribution is -1.94. The molecule has 0 radical (unpaired) electrons. The van der Waals surface area contributed by atoms with Crippen LogP contribution in [0, 0.1) is 0 Å². The van der Waals surface area contributed by atoms with E-state index in [2.05, 4.69) is 6.58 Å². The van der Waals surface area contributed by atoms with E-state index in [1.165, 1.54) is 0 Å². The van der Waals surface area contributed by atoms with Crippen LogP contribution in [0.15, 0.2) is 36.1 Å². The van der Waals surface area contributed by atoms with E-state index in [1.807, 2.05) is 39.8 Å². The predicted molar refractivity (Wildman–Crippen MR) is 53.2 cm³/mol. The van der Waals surface area contributed by atoms with E-state index in [0.29, 0.717) is 0 Å². The molecule has 11 heavy (non-hydrogen) atoms. The lowest BCUT2D eigenvalue weighted by Gasteiger charge is -1.94. The van der Waals surface area contributed by atoms with Gasteiger partial charge in [-0.15, -0.1) is 0 Å². The maximum absolute atomic E-state index is 5.56. The summed E-state index contributed by atoms with van der Waals surface area (Å²) in [6.45, 7) is 11.5. The van der Waals surface area contributed by atoms with E-state index in [0.717, 1.165) is 11.3 Å². The minimum Gasteiger partial charge on any atom is -0.399 e. The van der Waals surface area contributed by atoms with Gasteiger partial charge in [0.1, 0.15) is 0 Å². The lowest BCUT2D eigenvalue weighted by atomic mass is 10.2. The summed E-state index contributed by atoms with van der Waals surface area (Å²) in [5.41, 5.74) is 7.37. The first-order chi connectivity index (χ1) is 5.22. The molecule has 0 aliphatic heterocycles. The molecule has 0 saturated carbocycles. The number of nitrogens with two attached hydrogens (primary N) is 1. The van der Waals surface area contributed by atoms with Gasteiger partial charge >= 0.3 is 0 Å². The minimum atomic E-state index is 0.785. The summed E-state index contributed by atoms with van der Waals surface area (Å²) < 4.78 is 0. The van der Waals surface area contributed by atoms with Crippen molar-refractivity contribution in [1.82, 2.24) is 0 Å². The normalized spacial score (nSPS) is 11.6. The summed E-state index contributed by atoms with van der Waals surface area (Å²) in [7, 11) is 0. The van der Waals surface area contributed by atoms with E-state index in [-0.39, 0.29) is 0 Å². The number of hydrogen-bond donors (Lipinski definition) is 1. The molecule has 2 N–H and O–H groups in total. The molecule has 0 amide bonds. The van der Waals surface area contributed by atoms with E-state index in [4.69, 9.17) is 5.73 Å². The van der Waals surface area contributed by atoms with Crippen molar-refractivity contribution < 1.29 is 0 Å². The first-order valence-corrected chi connectivity index (χ1v) is 3.93. The Balaban J connectivity index is 0. The topological polar surface area (TPSA) is 26.0 Å². The highest BCUT2D eigenvalue weighted by atomic mass is 14.6. The van der Waals surface area contributed by atoms with Gasteiger partial charge in [0.05, 0.1) is 0 Å². The Labute approximate surface area is 70.3 Å². The fourth-order valence-electron chi connectivity index (χ4n) is 0.429. The van der Waals surface area contributed by atoms with Crippen LogP contribution >= 0.6 is 0 Å². The van der Waals surface area contributed by atoms with Gasteiger partial charge in [0, 0.05) is 5.70 Å². The summed E-state index contributed by atoms with van der Waals surface area (Å²) >= 11 is 0. The third-order valence-corrected chi connectivity index (χ3v) is 1.11. The fourth-order valence-corrected chi connectivity index (χ4v) is 0.429. The molecule has 0 atom stereocenters. The number of rotatable bonds is 2. The van der Waals surface area contributed by atoms with Crippen LogP contribution in [0.5, 0.6) is 0 Å². The highest BCUT2D eigenvalue weighted by Crippen LogP contribution is 1.98. The van der Waals surface area contributed by atoms with Gasteiger partial charge < -0.3 is 5.73 Å². The second kappa shape index (κ2) is 9.02. The van der Waals surface area contributed by atoms with E-state index < -0.39 is 0 Å². The summed E-state index contributed by atoms with van der Waals surface area (Å²) in [5, 5.41) is 0. The Bertz CT molecular complexity index is 152. The Morgan fingerprint density at radius 3 is 2.09 bits per heavy atom. The maximum Gasteiger partial charge on any atom is 0.0340 e. The van der Waals surface area contributed by atoms with Crippen LogP contribution in [0.1, 0.15) is 27.7 Å². The summed E-state index contributed by atoms with van der Waals surface area (Å²) in [4.78, 5) is 0. The number of allylic oxidation sites excluding steroid dienone is 4. The molecule has 0 aromatic rings. The molecule has 0 aliphatic carbocycles. The molecule has 0 aliphatic rings. The van der Waals surface area contributed by atoms with Gasteiger partial charge in [-0.05, 0) is 25.5 Å². The van der Waals surface area contributed by atoms with Crippen molar-refractivity contribution in [2.24, 2.45) is 5.73 Å². The molecule has 1 heteroatoms. The van der Waals surface area contributed by atoms with E-state index in [1.54, 1.807) is 6.08 Å². The molecule has 64 valence electrons. The molecular weight excluding hydrogens is 134 g/mol. The van der Waals surface area contributed by atoms with Crippen molar-refractivity contribution in [3.05, 3.63) is 36.1 Å². The maximum atomic E-state index is 5.56. The van der Waals surface area contributed by atoms with Gasteiger partial charge in [0.2, 0.25) is 0 Å². The van der Waals surface area contributed by atoms with E-state index in [9.17, 15) is 0 Å². The molecule has 0 unspecified atom stereocenters. The van der Waals surface area contributed by atoms with Crippen molar-refractivity contribution >= 4 is 0 Å². The van der Waals surface area contributed by atoms with Crippen molar-refractivity contribution in [1.29, 1.82) is 0 Å². The molecule has 0 spiro atoms. The van der Waals surface area contributed by atoms with Crippen LogP contribution in [-0.2, 0) is 0 Å². The zero-order valence-electron chi connectivity index (χ0n) is 8.02. The minimum absolute atomic E-state index is 0.785. The van der Waals surface area contributed by atoms with Gasteiger partial charge in [-0.25, -0.2) is 0 Å². The second-order valence-corrected chi connectivity index (χ2v) is 1.84. The van der Waals surface area contributed by atoms with Crippen LogP contribution in [-0.4, -0.2) is 0 Å². The van der Waals surface area contributed by atoms with Crippen LogP contribution in [0.2, 0.25) is 0 Å². The summed E-state index contributed by atoms with van der Waals surface area (Å²) in [5.74, 6) is 0. The molecule has 0 heterocycles. The third-order valence-electron chi connectivity index (χ3n) is 1.11. The first kappa shape index (κ1) is 12.7. The second-order valence-electron chi connectivity index (χ2n) is 1.84. The Hall–Kier alpha value is -0.980. The zero-order valence-corrected chi connectivity index (χ0v) is 8.02. The zero-order chi connectivity index (χ0) is 9.28. The lowest BCUT2D eigenvalue weighted by molar-refractivity contribution is 1.32. The molecule has 0 bridgehead atoms. The SMILES string of the molecule is C=C/C(C)=C(N)\C=C/C.CC. The largest absolute Gasteiger partial charge is 0.399 e. The molecule has 0 aromatic heterocycles. The summed E-state index contributed by atoms with van der Waals surface area (Å²) in [6, 6.07) is 0. The smallest absolute Gasteiger partial charge is 0.0340 e. The van der Waals surface area contributed by atoms with Crippen molar-refractivity contribution in [3.63, 3.8) is 0 Å². The van der Waals surface area contributed by atoms with Crippen molar-refractivity contribution in [2.45, 2.75) is 27.7 Å². The van der Waals surface area contributed by atoms with Crippen LogP contribution in [0.3, 0.4) is 0 Å². The van der Waals surface area contributed by atoms with Crippen molar-refractivity contribution in [3.8, 4) is 0 Å². The first-order valence-electron chi connectivity index (χ1n) is 3.93. The Morgan fingerprint density at radius 2 is 1.82 bits per heavy atom. The van der Waals surface area contributed by atoms with Gasteiger partial charge in [-0.3, -0.25) is 0 Å². The van der Waals surface area contributed by atoms with E-state index >= 15 is 0 Å². The molecule has 0 saturated heterocycles. The monoisotopic (exact) mass is 153 g/mol. The molecule has 0 rings (SSSR count). The van der Waals surface area contributed by atoms with Gasteiger partial charge in [0.15, 0.2) is 0 Å². The Morgan fingerprint density at radius 1 is 1.36 bits per heavy atom. The standard InChI is InChI=1S/C8H13N.C2H6/c1-4-6-8(9)7(3)5-2;1-2/h4-6H,2,9H2,1,3H3;1-2H3/b6-4-,8-7+;. The molecule has 0 aromatic carbocycles. The third kappa shape index (κ3) is 6.91. The van der Waals surface area contributed by atoms with Crippen LogP contribution in [0.25, 0.3) is 0 Å². The average molecular weight is 153 g/mol. The van der Waals surface area contributed by atoms with Crippen LogP contribution < -0.4 is 5.73 Å². The molecule has 0 fully saturated rings.